The predicted molar refractivity (Wildman–Crippen MR) is 78.8 cm³/mol. The third-order valence-electron chi connectivity index (χ3n) is 3.12. The van der Waals surface area contributed by atoms with E-state index in [1.165, 1.54) is 7.11 Å². The van der Waals surface area contributed by atoms with E-state index in [1.54, 1.807) is 24.3 Å². The van der Waals surface area contributed by atoms with Gasteiger partial charge in [-0.1, -0.05) is 19.9 Å². The van der Waals surface area contributed by atoms with Gasteiger partial charge in [0, 0.05) is 18.7 Å². The summed E-state index contributed by atoms with van der Waals surface area (Å²) in [6.07, 6.45) is 0.435. The number of ether oxygens (including phenoxy) is 1. The molecule has 0 aromatic heterocycles. The Hall–Kier alpha value is -1.88. The number of hydrogen-bond donors (Lipinski definition) is 1. The molecule has 5 nitrogen and oxygen atoms in total. The molecule has 1 amide bonds. The van der Waals surface area contributed by atoms with E-state index in [4.69, 9.17) is 0 Å². The Labute approximate surface area is 119 Å². The number of esters is 1. The smallest absolute Gasteiger partial charge is 0.337 e. The number of nitrogens with one attached hydrogen (secondary N) is 1. The molecule has 0 unspecified atom stereocenters. The second kappa shape index (κ2) is 8.32. The molecule has 0 bridgehead atoms. The fourth-order valence-corrected chi connectivity index (χ4v) is 1.86. The molecule has 1 rings (SSSR count). The number of carbonyl (C=O) groups is 2. The van der Waals surface area contributed by atoms with Gasteiger partial charge in [-0.05, 0) is 31.3 Å². The molecule has 5 heteroatoms. The first-order valence-corrected chi connectivity index (χ1v) is 6.81. The Morgan fingerprint density at radius 2 is 1.95 bits per heavy atom. The Morgan fingerprint density at radius 1 is 1.25 bits per heavy atom. The zero-order valence-electron chi connectivity index (χ0n) is 12.3. The average molecular weight is 278 g/mol. The molecule has 0 saturated heterocycles. The van der Waals surface area contributed by atoms with E-state index in [0.717, 1.165) is 19.6 Å². The first-order valence-electron chi connectivity index (χ1n) is 6.81. The largest absolute Gasteiger partial charge is 0.465 e. The minimum atomic E-state index is -0.413. The molecule has 110 valence electrons. The standard InChI is InChI=1S/C15H22N2O3/c1-4-17(5-2)10-9-14(18)16-13-8-6-7-12(11-13)15(19)20-3/h6-8,11H,4-5,9-10H2,1-3H3,(H,16,18). The van der Waals surface area contributed by atoms with Crippen LogP contribution in [0.5, 0.6) is 0 Å². The summed E-state index contributed by atoms with van der Waals surface area (Å²) in [5, 5.41) is 2.79. The molecule has 0 atom stereocenters. The maximum absolute atomic E-state index is 11.8. The van der Waals surface area contributed by atoms with Crippen molar-refractivity contribution in [2.75, 3.05) is 32.1 Å². The van der Waals surface area contributed by atoms with Gasteiger partial charge in [-0.15, -0.1) is 0 Å². The van der Waals surface area contributed by atoms with Crippen molar-refractivity contribution >= 4 is 17.6 Å². The quantitative estimate of drug-likeness (QED) is 0.776. The van der Waals surface area contributed by atoms with E-state index in [-0.39, 0.29) is 5.91 Å². The summed E-state index contributed by atoms with van der Waals surface area (Å²) in [5.41, 5.74) is 1.03. The number of rotatable bonds is 7. The summed E-state index contributed by atoms with van der Waals surface area (Å²) in [4.78, 5) is 25.4. The Balaban J connectivity index is 2.55. The molecule has 1 N–H and O–H groups in total. The van der Waals surface area contributed by atoms with Crippen LogP contribution >= 0.6 is 0 Å². The highest BCUT2D eigenvalue weighted by Crippen LogP contribution is 2.12. The summed E-state index contributed by atoms with van der Waals surface area (Å²) in [7, 11) is 1.33. The fourth-order valence-electron chi connectivity index (χ4n) is 1.86. The van der Waals surface area contributed by atoms with Crippen LogP contribution < -0.4 is 5.32 Å². The van der Waals surface area contributed by atoms with Crippen LogP contribution in [0, 0.1) is 0 Å². The van der Waals surface area contributed by atoms with Crippen molar-refractivity contribution in [3.8, 4) is 0 Å². The molecule has 0 heterocycles. The van der Waals surface area contributed by atoms with Gasteiger partial charge in [0.25, 0.3) is 0 Å². The number of amides is 1. The van der Waals surface area contributed by atoms with E-state index < -0.39 is 5.97 Å². The molecule has 1 aromatic rings. The maximum atomic E-state index is 11.8. The number of carbonyl (C=O) groups excluding carboxylic acids is 2. The van der Waals surface area contributed by atoms with Crippen LogP contribution in [0.3, 0.4) is 0 Å². The molecule has 0 aliphatic rings. The fraction of sp³-hybridized carbons (Fsp3) is 0.467. The lowest BCUT2D eigenvalue weighted by Gasteiger charge is -2.17. The van der Waals surface area contributed by atoms with Crippen LogP contribution in [-0.2, 0) is 9.53 Å². The van der Waals surface area contributed by atoms with Gasteiger partial charge < -0.3 is 15.0 Å². The topological polar surface area (TPSA) is 58.6 Å². The molecule has 0 aliphatic carbocycles. The van der Waals surface area contributed by atoms with Gasteiger partial charge >= 0.3 is 5.97 Å². The van der Waals surface area contributed by atoms with Crippen molar-refractivity contribution in [3.63, 3.8) is 0 Å². The second-order valence-electron chi connectivity index (χ2n) is 4.40. The van der Waals surface area contributed by atoms with Gasteiger partial charge in [0.2, 0.25) is 5.91 Å². The summed E-state index contributed by atoms with van der Waals surface area (Å²) in [6.45, 7) is 6.74. The van der Waals surface area contributed by atoms with E-state index in [2.05, 4.69) is 28.8 Å². The molecular weight excluding hydrogens is 256 g/mol. The lowest BCUT2D eigenvalue weighted by molar-refractivity contribution is -0.116. The zero-order valence-corrected chi connectivity index (χ0v) is 12.3. The minimum Gasteiger partial charge on any atom is -0.465 e. The highest BCUT2D eigenvalue weighted by Gasteiger charge is 2.08. The van der Waals surface area contributed by atoms with Crippen molar-refractivity contribution < 1.29 is 14.3 Å². The van der Waals surface area contributed by atoms with E-state index >= 15 is 0 Å². The SMILES string of the molecule is CCN(CC)CCC(=O)Nc1cccc(C(=O)OC)c1. The van der Waals surface area contributed by atoms with Crippen LogP contribution in [-0.4, -0.2) is 43.5 Å². The first-order chi connectivity index (χ1) is 9.60. The van der Waals surface area contributed by atoms with E-state index in [0.29, 0.717) is 17.7 Å². The minimum absolute atomic E-state index is 0.0566. The van der Waals surface area contributed by atoms with Crippen molar-refractivity contribution in [1.29, 1.82) is 0 Å². The third kappa shape index (κ3) is 5.01. The molecule has 0 fully saturated rings. The number of hydrogen-bond acceptors (Lipinski definition) is 4. The van der Waals surface area contributed by atoms with Gasteiger partial charge in [0.1, 0.15) is 0 Å². The van der Waals surface area contributed by atoms with Gasteiger partial charge in [-0.3, -0.25) is 4.79 Å². The Morgan fingerprint density at radius 3 is 2.55 bits per heavy atom. The van der Waals surface area contributed by atoms with Crippen molar-refractivity contribution in [3.05, 3.63) is 29.8 Å². The lowest BCUT2D eigenvalue weighted by Crippen LogP contribution is -2.27. The molecular formula is C15H22N2O3. The van der Waals surface area contributed by atoms with Gasteiger partial charge in [-0.2, -0.15) is 0 Å². The normalized spacial score (nSPS) is 10.4. The third-order valence-corrected chi connectivity index (χ3v) is 3.12. The average Bonchev–Trinajstić information content (AvgIpc) is 2.47. The van der Waals surface area contributed by atoms with E-state index in [9.17, 15) is 9.59 Å². The number of benzene rings is 1. The summed E-state index contributed by atoms with van der Waals surface area (Å²) < 4.78 is 4.65. The van der Waals surface area contributed by atoms with Crippen LogP contribution in [0.25, 0.3) is 0 Å². The van der Waals surface area contributed by atoms with E-state index in [1.807, 2.05) is 0 Å². The summed E-state index contributed by atoms with van der Waals surface area (Å²) >= 11 is 0. The Kier molecular flexibility index (Phi) is 6.73. The van der Waals surface area contributed by atoms with Gasteiger partial charge in [0.05, 0.1) is 12.7 Å². The molecule has 20 heavy (non-hydrogen) atoms. The lowest BCUT2D eigenvalue weighted by atomic mass is 10.2. The monoisotopic (exact) mass is 278 g/mol. The van der Waals surface area contributed by atoms with Crippen molar-refractivity contribution in [2.24, 2.45) is 0 Å². The highest BCUT2D eigenvalue weighted by molar-refractivity contribution is 5.94. The number of anilines is 1. The van der Waals surface area contributed by atoms with Crippen LogP contribution in [0.4, 0.5) is 5.69 Å². The van der Waals surface area contributed by atoms with Crippen LogP contribution in [0.2, 0.25) is 0 Å². The molecule has 0 saturated carbocycles. The van der Waals surface area contributed by atoms with Gasteiger partial charge in [-0.25, -0.2) is 4.79 Å². The van der Waals surface area contributed by atoms with Gasteiger partial charge in [0.15, 0.2) is 0 Å². The summed E-state index contributed by atoms with van der Waals surface area (Å²) in [5.74, 6) is -0.469. The molecule has 0 spiro atoms. The Bertz CT molecular complexity index is 456. The molecule has 1 aromatic carbocycles. The number of methoxy groups -OCH3 is 1. The second-order valence-corrected chi connectivity index (χ2v) is 4.40. The highest BCUT2D eigenvalue weighted by atomic mass is 16.5. The summed E-state index contributed by atoms with van der Waals surface area (Å²) in [6, 6.07) is 6.73. The molecule has 0 aliphatic heterocycles. The zero-order chi connectivity index (χ0) is 15.0. The number of nitrogens with zero attached hydrogens (tertiary/aromatic N) is 1. The predicted octanol–water partition coefficient (Wildman–Crippen LogP) is 2.14. The maximum Gasteiger partial charge on any atom is 0.337 e. The van der Waals surface area contributed by atoms with Crippen molar-refractivity contribution in [1.82, 2.24) is 4.90 Å². The van der Waals surface area contributed by atoms with Crippen molar-refractivity contribution in [2.45, 2.75) is 20.3 Å². The first kappa shape index (κ1) is 16.2. The van der Waals surface area contributed by atoms with Crippen LogP contribution in [0.1, 0.15) is 30.6 Å². The molecule has 0 radical (unpaired) electrons. The van der Waals surface area contributed by atoms with Crippen LogP contribution in [0.15, 0.2) is 24.3 Å².